The van der Waals surface area contributed by atoms with Crippen LogP contribution < -0.4 is 15.5 Å². The topological polar surface area (TPSA) is 60.5 Å². The Balaban J connectivity index is 1.22. The summed E-state index contributed by atoms with van der Waals surface area (Å²) in [6.07, 6.45) is 3.90. The number of rotatable bonds is 4. The fourth-order valence-corrected chi connectivity index (χ4v) is 4.16. The van der Waals surface area contributed by atoms with E-state index in [1.54, 1.807) is 0 Å². The number of hydrogen-bond acceptors (Lipinski definition) is 4. The summed E-state index contributed by atoms with van der Waals surface area (Å²) in [7, 11) is 0. The van der Waals surface area contributed by atoms with Gasteiger partial charge in [-0.1, -0.05) is 36.4 Å². The number of fused-ring (bicyclic) bond motifs is 1. The van der Waals surface area contributed by atoms with Crippen molar-refractivity contribution in [2.45, 2.75) is 13.1 Å². The Labute approximate surface area is 176 Å². The molecule has 0 radical (unpaired) electrons. The standard InChI is InChI=1S/C24H25N5O/c30-24-26-16-20-6-7-22(13-23(20)27-24)29-10-8-28(9-11-29)17-18-12-21(15-25-14-18)19-4-2-1-3-5-19/h1-7,12-15H,8-11,16-17H2,(H2,26,27,30). The average Bonchev–Trinajstić information content (AvgIpc) is 2.80. The number of benzene rings is 2. The number of hydrogen-bond donors (Lipinski definition) is 2. The average molecular weight is 399 g/mol. The van der Waals surface area contributed by atoms with Crippen LogP contribution in [-0.2, 0) is 13.1 Å². The second-order valence-electron chi connectivity index (χ2n) is 7.86. The molecule has 3 heterocycles. The summed E-state index contributed by atoms with van der Waals surface area (Å²) in [6.45, 7) is 5.44. The van der Waals surface area contributed by atoms with Crippen LogP contribution in [0.2, 0.25) is 0 Å². The molecule has 0 atom stereocenters. The molecule has 0 saturated carbocycles. The van der Waals surface area contributed by atoms with Crippen molar-refractivity contribution in [3.05, 3.63) is 78.1 Å². The van der Waals surface area contributed by atoms with Crippen LogP contribution in [0, 0.1) is 0 Å². The maximum Gasteiger partial charge on any atom is 0.319 e. The number of nitrogens with one attached hydrogen (secondary N) is 2. The molecule has 0 bridgehead atoms. The van der Waals surface area contributed by atoms with E-state index in [0.29, 0.717) is 6.54 Å². The van der Waals surface area contributed by atoms with Gasteiger partial charge in [-0.05, 0) is 34.9 Å². The first-order chi connectivity index (χ1) is 14.7. The molecule has 0 unspecified atom stereocenters. The predicted octanol–water partition coefficient (Wildman–Crippen LogP) is 3.71. The predicted molar refractivity (Wildman–Crippen MR) is 119 cm³/mol. The van der Waals surface area contributed by atoms with Gasteiger partial charge in [-0.25, -0.2) is 4.79 Å². The van der Waals surface area contributed by atoms with Gasteiger partial charge in [0.05, 0.1) is 0 Å². The molecule has 6 heteroatoms. The number of aromatic nitrogens is 1. The van der Waals surface area contributed by atoms with E-state index in [4.69, 9.17) is 0 Å². The monoisotopic (exact) mass is 399 g/mol. The van der Waals surface area contributed by atoms with Crippen molar-refractivity contribution in [1.29, 1.82) is 0 Å². The van der Waals surface area contributed by atoms with E-state index >= 15 is 0 Å². The zero-order chi connectivity index (χ0) is 20.3. The first kappa shape index (κ1) is 18.6. The molecule has 0 aliphatic carbocycles. The zero-order valence-corrected chi connectivity index (χ0v) is 16.8. The molecule has 0 spiro atoms. The van der Waals surface area contributed by atoms with Gasteiger partial charge in [0, 0.05) is 68.6 Å². The molecule has 2 aromatic carbocycles. The minimum atomic E-state index is -0.129. The van der Waals surface area contributed by atoms with E-state index in [-0.39, 0.29) is 6.03 Å². The van der Waals surface area contributed by atoms with Gasteiger partial charge >= 0.3 is 6.03 Å². The highest BCUT2D eigenvalue weighted by molar-refractivity contribution is 5.93. The van der Waals surface area contributed by atoms with E-state index in [9.17, 15) is 4.79 Å². The molecule has 2 aliphatic heterocycles. The van der Waals surface area contributed by atoms with Gasteiger partial charge in [0.2, 0.25) is 0 Å². The number of carbonyl (C=O) groups excluding carboxylic acids is 1. The van der Waals surface area contributed by atoms with E-state index < -0.39 is 0 Å². The third-order valence-corrected chi connectivity index (χ3v) is 5.83. The van der Waals surface area contributed by atoms with Crippen molar-refractivity contribution in [2.24, 2.45) is 0 Å². The van der Waals surface area contributed by atoms with Crippen molar-refractivity contribution in [1.82, 2.24) is 15.2 Å². The lowest BCUT2D eigenvalue weighted by Crippen LogP contribution is -2.46. The molecular weight excluding hydrogens is 374 g/mol. The Morgan fingerprint density at radius 1 is 0.900 bits per heavy atom. The van der Waals surface area contributed by atoms with E-state index in [1.807, 2.05) is 18.5 Å². The summed E-state index contributed by atoms with van der Waals surface area (Å²) in [5.74, 6) is 0. The van der Waals surface area contributed by atoms with Gasteiger partial charge < -0.3 is 15.5 Å². The van der Waals surface area contributed by atoms with E-state index in [2.05, 4.69) is 73.9 Å². The normalized spacial score (nSPS) is 16.5. The molecule has 30 heavy (non-hydrogen) atoms. The molecule has 5 rings (SSSR count). The van der Waals surface area contributed by atoms with Gasteiger partial charge in [0.25, 0.3) is 0 Å². The summed E-state index contributed by atoms with van der Waals surface area (Å²) < 4.78 is 0. The number of amides is 2. The Bertz CT molecular complexity index is 1040. The highest BCUT2D eigenvalue weighted by Crippen LogP contribution is 2.27. The summed E-state index contributed by atoms with van der Waals surface area (Å²) >= 11 is 0. The molecule has 2 aliphatic rings. The van der Waals surface area contributed by atoms with E-state index in [1.165, 1.54) is 16.8 Å². The molecule has 1 fully saturated rings. The van der Waals surface area contributed by atoms with E-state index in [0.717, 1.165) is 49.5 Å². The number of nitrogens with zero attached hydrogens (tertiary/aromatic N) is 3. The summed E-state index contributed by atoms with van der Waals surface area (Å²) in [5, 5.41) is 5.71. The minimum Gasteiger partial charge on any atom is -0.369 e. The lowest BCUT2D eigenvalue weighted by atomic mass is 10.1. The van der Waals surface area contributed by atoms with Gasteiger partial charge in [-0.3, -0.25) is 9.88 Å². The van der Waals surface area contributed by atoms with Gasteiger partial charge in [-0.15, -0.1) is 0 Å². The number of pyridine rings is 1. The number of urea groups is 1. The van der Waals surface area contributed by atoms with Crippen LogP contribution >= 0.6 is 0 Å². The Morgan fingerprint density at radius 3 is 2.57 bits per heavy atom. The molecular formula is C24H25N5O. The van der Waals surface area contributed by atoms with Crippen molar-refractivity contribution >= 4 is 17.4 Å². The molecule has 1 aromatic heterocycles. The van der Waals surface area contributed by atoms with Crippen LogP contribution in [0.4, 0.5) is 16.2 Å². The van der Waals surface area contributed by atoms with Crippen LogP contribution in [0.5, 0.6) is 0 Å². The largest absolute Gasteiger partial charge is 0.369 e. The Kier molecular flexibility index (Phi) is 5.07. The maximum absolute atomic E-state index is 11.6. The van der Waals surface area contributed by atoms with Crippen LogP contribution in [0.15, 0.2) is 67.0 Å². The lowest BCUT2D eigenvalue weighted by Gasteiger charge is -2.36. The summed E-state index contributed by atoms with van der Waals surface area (Å²) in [5.41, 5.74) is 6.83. The molecule has 2 amide bonds. The highest BCUT2D eigenvalue weighted by Gasteiger charge is 2.20. The van der Waals surface area contributed by atoms with Crippen molar-refractivity contribution < 1.29 is 4.79 Å². The Hall–Kier alpha value is -3.38. The molecule has 3 aromatic rings. The minimum absolute atomic E-state index is 0.129. The first-order valence-electron chi connectivity index (χ1n) is 10.4. The lowest BCUT2D eigenvalue weighted by molar-refractivity contribution is 0.249. The first-order valence-corrected chi connectivity index (χ1v) is 10.4. The smallest absolute Gasteiger partial charge is 0.319 e. The second-order valence-corrected chi connectivity index (χ2v) is 7.86. The third kappa shape index (κ3) is 4.00. The van der Waals surface area contributed by atoms with Gasteiger partial charge in [0.15, 0.2) is 0 Å². The van der Waals surface area contributed by atoms with Crippen LogP contribution in [-0.4, -0.2) is 42.1 Å². The van der Waals surface area contributed by atoms with Gasteiger partial charge in [0.1, 0.15) is 0 Å². The van der Waals surface area contributed by atoms with Crippen molar-refractivity contribution in [3.8, 4) is 11.1 Å². The highest BCUT2D eigenvalue weighted by atomic mass is 16.2. The molecule has 1 saturated heterocycles. The molecule has 2 N–H and O–H groups in total. The Morgan fingerprint density at radius 2 is 1.73 bits per heavy atom. The maximum atomic E-state index is 11.6. The van der Waals surface area contributed by atoms with Crippen molar-refractivity contribution in [2.75, 3.05) is 36.4 Å². The number of anilines is 2. The van der Waals surface area contributed by atoms with Crippen LogP contribution in [0.1, 0.15) is 11.1 Å². The number of piperazine rings is 1. The zero-order valence-electron chi connectivity index (χ0n) is 16.8. The third-order valence-electron chi connectivity index (χ3n) is 5.83. The second kappa shape index (κ2) is 8.16. The van der Waals surface area contributed by atoms with Crippen LogP contribution in [0.25, 0.3) is 11.1 Å². The summed E-state index contributed by atoms with van der Waals surface area (Å²) in [6, 6.07) is 18.9. The van der Waals surface area contributed by atoms with Crippen molar-refractivity contribution in [3.63, 3.8) is 0 Å². The fraction of sp³-hybridized carbons (Fsp3) is 0.250. The summed E-state index contributed by atoms with van der Waals surface area (Å²) in [4.78, 5) is 20.9. The quantitative estimate of drug-likeness (QED) is 0.702. The number of carbonyl (C=O) groups is 1. The molecule has 152 valence electrons. The molecule has 6 nitrogen and oxygen atoms in total. The van der Waals surface area contributed by atoms with Crippen LogP contribution in [0.3, 0.4) is 0 Å². The SMILES string of the molecule is O=C1NCc2ccc(N3CCN(Cc4cncc(-c5ccccc5)c4)CC3)cc2N1. The van der Waals surface area contributed by atoms with Gasteiger partial charge in [-0.2, -0.15) is 0 Å². The fourth-order valence-electron chi connectivity index (χ4n) is 4.16.